The molecule has 1 aliphatic rings. The number of hydrogen-bond acceptors (Lipinski definition) is 4. The number of rotatable bonds is 5. The summed E-state index contributed by atoms with van der Waals surface area (Å²) < 4.78 is 17.0. The summed E-state index contributed by atoms with van der Waals surface area (Å²) in [5, 5.41) is 12.2. The first-order valence-corrected chi connectivity index (χ1v) is 7.22. The number of benzene rings is 1. The topological polar surface area (TPSA) is 61.8 Å². The SMILES string of the molecule is CCN(CO)C(=O)Oc1ccc2c(c1)CCC2NCC#CF. The third kappa shape index (κ3) is 3.75. The summed E-state index contributed by atoms with van der Waals surface area (Å²) in [4.78, 5) is 13.0. The number of carbonyl (C=O) groups is 1. The largest absolute Gasteiger partial charge is 0.417 e. The molecule has 0 bridgehead atoms. The fourth-order valence-corrected chi connectivity index (χ4v) is 2.53. The van der Waals surface area contributed by atoms with Gasteiger partial charge in [0, 0.05) is 12.6 Å². The van der Waals surface area contributed by atoms with Crippen LogP contribution in [-0.4, -0.2) is 35.9 Å². The van der Waals surface area contributed by atoms with Crippen molar-refractivity contribution in [2.45, 2.75) is 25.8 Å². The number of nitrogens with zero attached hydrogens (tertiary/aromatic N) is 1. The zero-order valence-electron chi connectivity index (χ0n) is 12.4. The van der Waals surface area contributed by atoms with Gasteiger partial charge in [-0.1, -0.05) is 12.0 Å². The van der Waals surface area contributed by atoms with Crippen LogP contribution in [0.4, 0.5) is 9.18 Å². The zero-order valence-corrected chi connectivity index (χ0v) is 12.4. The van der Waals surface area contributed by atoms with E-state index in [4.69, 9.17) is 9.84 Å². The molecule has 22 heavy (non-hydrogen) atoms. The van der Waals surface area contributed by atoms with Gasteiger partial charge in [-0.3, -0.25) is 10.2 Å². The fraction of sp³-hybridized carbons (Fsp3) is 0.438. The van der Waals surface area contributed by atoms with Gasteiger partial charge in [0.15, 0.2) is 0 Å². The third-order valence-electron chi connectivity index (χ3n) is 3.71. The second-order valence-corrected chi connectivity index (χ2v) is 4.97. The Bertz CT molecular complexity index is 591. The van der Waals surface area contributed by atoms with E-state index in [-0.39, 0.29) is 12.8 Å². The first kappa shape index (κ1) is 16.3. The van der Waals surface area contributed by atoms with Crippen LogP contribution < -0.4 is 10.1 Å². The van der Waals surface area contributed by atoms with Crippen molar-refractivity contribution in [3.63, 3.8) is 0 Å². The average Bonchev–Trinajstić information content (AvgIpc) is 2.91. The van der Waals surface area contributed by atoms with Crippen LogP contribution in [0.15, 0.2) is 18.2 Å². The Morgan fingerprint density at radius 3 is 3.09 bits per heavy atom. The van der Waals surface area contributed by atoms with Gasteiger partial charge < -0.3 is 9.84 Å². The first-order valence-electron chi connectivity index (χ1n) is 7.22. The minimum absolute atomic E-state index is 0.144. The Morgan fingerprint density at radius 2 is 2.41 bits per heavy atom. The number of aliphatic hydroxyl groups excluding tert-OH is 1. The highest BCUT2D eigenvalue weighted by Gasteiger charge is 2.23. The number of nitrogens with one attached hydrogen (secondary N) is 1. The molecule has 1 amide bonds. The molecular weight excluding hydrogens is 287 g/mol. The molecule has 0 heterocycles. The number of aliphatic hydroxyl groups is 1. The van der Waals surface area contributed by atoms with Gasteiger partial charge in [0.2, 0.25) is 0 Å². The number of amides is 1. The molecule has 0 fully saturated rings. The van der Waals surface area contributed by atoms with Crippen LogP contribution in [0.3, 0.4) is 0 Å². The van der Waals surface area contributed by atoms with E-state index in [1.807, 2.05) is 12.1 Å². The Balaban J connectivity index is 2.03. The van der Waals surface area contributed by atoms with Crippen molar-refractivity contribution in [2.24, 2.45) is 0 Å². The minimum Gasteiger partial charge on any atom is -0.410 e. The lowest BCUT2D eigenvalue weighted by Gasteiger charge is -2.17. The van der Waals surface area contributed by atoms with Crippen LogP contribution >= 0.6 is 0 Å². The molecule has 6 heteroatoms. The van der Waals surface area contributed by atoms with Crippen molar-refractivity contribution in [1.82, 2.24) is 10.2 Å². The molecule has 118 valence electrons. The summed E-state index contributed by atoms with van der Waals surface area (Å²) in [6, 6.07) is 5.61. The summed E-state index contributed by atoms with van der Waals surface area (Å²) in [6.07, 6.45) is 2.56. The highest BCUT2D eigenvalue weighted by atomic mass is 19.1. The molecule has 1 atom stereocenters. The van der Waals surface area contributed by atoms with E-state index in [9.17, 15) is 9.18 Å². The van der Waals surface area contributed by atoms with E-state index in [2.05, 4.69) is 11.2 Å². The quantitative estimate of drug-likeness (QED) is 0.645. The third-order valence-corrected chi connectivity index (χ3v) is 3.71. The molecule has 2 rings (SSSR count). The van der Waals surface area contributed by atoms with Crippen molar-refractivity contribution >= 4 is 6.09 Å². The van der Waals surface area contributed by atoms with E-state index < -0.39 is 6.09 Å². The van der Waals surface area contributed by atoms with E-state index in [0.717, 1.165) is 24.0 Å². The van der Waals surface area contributed by atoms with Crippen molar-refractivity contribution < 1.29 is 19.0 Å². The highest BCUT2D eigenvalue weighted by molar-refractivity contribution is 5.70. The van der Waals surface area contributed by atoms with Crippen molar-refractivity contribution in [2.75, 3.05) is 19.8 Å². The standard InChI is InChI=1S/C16H19FN2O3/c1-2-19(11-20)16(21)22-13-5-6-14-12(10-13)4-7-15(14)18-9-3-8-17/h5-6,10,15,18,20H,2,4,7,9,11H2,1H3. The lowest BCUT2D eigenvalue weighted by molar-refractivity contribution is 0.0973. The van der Waals surface area contributed by atoms with E-state index in [0.29, 0.717) is 18.8 Å². The van der Waals surface area contributed by atoms with Crippen molar-refractivity contribution in [1.29, 1.82) is 0 Å². The van der Waals surface area contributed by atoms with Crippen LogP contribution in [0.2, 0.25) is 0 Å². The van der Waals surface area contributed by atoms with E-state index in [1.165, 1.54) is 11.1 Å². The lowest BCUT2D eigenvalue weighted by Crippen LogP contribution is -2.34. The predicted molar refractivity (Wildman–Crippen MR) is 79.9 cm³/mol. The molecule has 1 aromatic carbocycles. The molecule has 2 N–H and O–H groups in total. The van der Waals surface area contributed by atoms with Crippen LogP contribution in [0.1, 0.15) is 30.5 Å². The Kier molecular flexibility index (Phi) is 5.75. The van der Waals surface area contributed by atoms with Crippen LogP contribution in [0.5, 0.6) is 5.75 Å². The molecule has 0 radical (unpaired) electrons. The van der Waals surface area contributed by atoms with Gasteiger partial charge in [0.1, 0.15) is 18.7 Å². The molecule has 0 aromatic heterocycles. The van der Waals surface area contributed by atoms with Crippen LogP contribution in [0, 0.1) is 12.1 Å². The summed E-state index contributed by atoms with van der Waals surface area (Å²) >= 11 is 0. The van der Waals surface area contributed by atoms with Gasteiger partial charge in [-0.15, -0.1) is 4.39 Å². The molecule has 0 saturated heterocycles. The Hall–Kier alpha value is -2.10. The molecule has 0 saturated carbocycles. The minimum atomic E-state index is -0.573. The molecule has 1 unspecified atom stereocenters. The highest BCUT2D eigenvalue weighted by Crippen LogP contribution is 2.33. The number of aryl methyl sites for hydroxylation is 1. The fourth-order valence-electron chi connectivity index (χ4n) is 2.53. The van der Waals surface area contributed by atoms with Crippen molar-refractivity contribution in [3.8, 4) is 17.8 Å². The van der Waals surface area contributed by atoms with Gasteiger partial charge in [0.05, 0.1) is 6.54 Å². The number of carbonyl (C=O) groups excluding carboxylic acids is 1. The van der Waals surface area contributed by atoms with E-state index in [1.54, 1.807) is 13.0 Å². The molecular formula is C16H19FN2O3. The number of hydrogen-bond donors (Lipinski definition) is 2. The second-order valence-electron chi connectivity index (χ2n) is 4.97. The molecule has 5 nitrogen and oxygen atoms in total. The Morgan fingerprint density at radius 1 is 1.59 bits per heavy atom. The Labute approximate surface area is 129 Å². The van der Waals surface area contributed by atoms with Crippen molar-refractivity contribution in [3.05, 3.63) is 29.3 Å². The lowest BCUT2D eigenvalue weighted by atomic mass is 10.1. The summed E-state index contributed by atoms with van der Waals surface area (Å²) in [5.41, 5.74) is 2.22. The molecule has 1 aromatic rings. The van der Waals surface area contributed by atoms with E-state index >= 15 is 0 Å². The number of fused-ring (bicyclic) bond motifs is 1. The van der Waals surface area contributed by atoms with Gasteiger partial charge in [-0.05, 0) is 43.0 Å². The normalized spacial score (nSPS) is 15.7. The first-order chi connectivity index (χ1) is 10.7. The number of ether oxygens (including phenoxy) is 1. The zero-order chi connectivity index (χ0) is 15.9. The molecule has 0 spiro atoms. The van der Waals surface area contributed by atoms with Crippen LogP contribution in [0.25, 0.3) is 0 Å². The maximum Gasteiger partial charge on any atom is 0.417 e. The summed E-state index contributed by atoms with van der Waals surface area (Å²) in [6.45, 7) is 2.07. The maximum absolute atomic E-state index is 11.8. The number of halogens is 1. The average molecular weight is 306 g/mol. The monoisotopic (exact) mass is 306 g/mol. The molecule has 0 aliphatic heterocycles. The van der Waals surface area contributed by atoms with Gasteiger partial charge >= 0.3 is 6.09 Å². The summed E-state index contributed by atoms with van der Waals surface area (Å²) in [5.74, 6) is 2.80. The maximum atomic E-state index is 11.8. The van der Waals surface area contributed by atoms with Gasteiger partial charge in [-0.2, -0.15) is 0 Å². The predicted octanol–water partition coefficient (Wildman–Crippen LogP) is 1.96. The van der Waals surface area contributed by atoms with Gasteiger partial charge in [0.25, 0.3) is 0 Å². The smallest absolute Gasteiger partial charge is 0.410 e. The molecule has 1 aliphatic carbocycles. The second kappa shape index (κ2) is 7.78. The van der Waals surface area contributed by atoms with Gasteiger partial charge in [-0.25, -0.2) is 4.79 Å². The summed E-state index contributed by atoms with van der Waals surface area (Å²) in [7, 11) is 0. The van der Waals surface area contributed by atoms with Crippen LogP contribution in [-0.2, 0) is 6.42 Å².